The molecule has 0 bridgehead atoms. The highest BCUT2D eigenvalue weighted by atomic mass is 16.4. The van der Waals surface area contributed by atoms with Gasteiger partial charge in [-0.25, -0.2) is 0 Å². The first-order chi connectivity index (χ1) is 8.61. The molecule has 0 spiro atoms. The molecule has 0 unspecified atom stereocenters. The highest BCUT2D eigenvalue weighted by Gasteiger charge is 2.38. The van der Waals surface area contributed by atoms with Crippen LogP contribution in [0, 0.1) is 11.8 Å². The van der Waals surface area contributed by atoms with Gasteiger partial charge in [0.2, 0.25) is 0 Å². The molecule has 0 heterocycles. The van der Waals surface area contributed by atoms with E-state index < -0.39 is 24.4 Å². The van der Waals surface area contributed by atoms with Crippen molar-refractivity contribution in [3.05, 3.63) is 0 Å². The molecule has 0 aromatic rings. The number of aliphatic hydroxyl groups excluding tert-OH is 4. The van der Waals surface area contributed by atoms with E-state index in [1.54, 1.807) is 0 Å². The fourth-order valence-corrected chi connectivity index (χ4v) is 3.56. The van der Waals surface area contributed by atoms with Gasteiger partial charge in [0.25, 0.3) is 0 Å². The van der Waals surface area contributed by atoms with Gasteiger partial charge < -0.3 is 20.4 Å². The molecule has 2 aliphatic carbocycles. The van der Waals surface area contributed by atoms with Crippen molar-refractivity contribution >= 4 is 0 Å². The summed E-state index contributed by atoms with van der Waals surface area (Å²) in [6.45, 7) is 0. The summed E-state index contributed by atoms with van der Waals surface area (Å²) in [7, 11) is 0. The summed E-state index contributed by atoms with van der Waals surface area (Å²) in [4.78, 5) is 0. The van der Waals surface area contributed by atoms with E-state index in [-0.39, 0.29) is 11.8 Å². The maximum Gasteiger partial charge on any atom is 0.109 e. The molecule has 4 heteroatoms. The summed E-state index contributed by atoms with van der Waals surface area (Å²) in [5.41, 5.74) is 0. The monoisotopic (exact) mass is 258 g/mol. The zero-order chi connectivity index (χ0) is 13.1. The van der Waals surface area contributed by atoms with Gasteiger partial charge in [0, 0.05) is 0 Å². The van der Waals surface area contributed by atoms with Gasteiger partial charge in [0.1, 0.15) is 12.2 Å². The first kappa shape index (κ1) is 14.3. The number of hydrogen-bond acceptors (Lipinski definition) is 4. The molecule has 2 saturated carbocycles. The van der Waals surface area contributed by atoms with Crippen molar-refractivity contribution in [1.29, 1.82) is 0 Å². The van der Waals surface area contributed by atoms with Crippen LogP contribution >= 0.6 is 0 Å². The average Bonchev–Trinajstić information content (AvgIpc) is 3.06. The van der Waals surface area contributed by atoms with Gasteiger partial charge in [-0.2, -0.15) is 0 Å². The molecule has 0 amide bonds. The Morgan fingerprint density at radius 2 is 0.833 bits per heavy atom. The smallest absolute Gasteiger partial charge is 0.109 e. The third kappa shape index (κ3) is 3.05. The Morgan fingerprint density at radius 1 is 0.556 bits per heavy atom. The first-order valence-corrected chi connectivity index (χ1v) is 7.33. The molecule has 0 aromatic carbocycles. The lowest BCUT2D eigenvalue weighted by molar-refractivity contribution is -0.129. The molecule has 2 aliphatic rings. The van der Waals surface area contributed by atoms with Crippen LogP contribution in [0.15, 0.2) is 0 Å². The second kappa shape index (κ2) is 6.33. The van der Waals surface area contributed by atoms with Crippen molar-refractivity contribution in [2.75, 3.05) is 0 Å². The quantitative estimate of drug-likeness (QED) is 0.588. The maximum absolute atomic E-state index is 10.1. The Hall–Kier alpha value is -0.160. The maximum atomic E-state index is 10.1. The lowest BCUT2D eigenvalue weighted by atomic mass is 9.87. The zero-order valence-electron chi connectivity index (χ0n) is 10.9. The lowest BCUT2D eigenvalue weighted by Crippen LogP contribution is -2.48. The third-order valence-corrected chi connectivity index (χ3v) is 4.82. The van der Waals surface area contributed by atoms with Crippen molar-refractivity contribution < 1.29 is 20.4 Å². The van der Waals surface area contributed by atoms with E-state index in [1.165, 1.54) is 0 Å². The Balaban J connectivity index is 1.87. The fourth-order valence-electron chi connectivity index (χ4n) is 3.56. The molecule has 18 heavy (non-hydrogen) atoms. The van der Waals surface area contributed by atoms with E-state index in [1.807, 2.05) is 0 Å². The van der Waals surface area contributed by atoms with Gasteiger partial charge in [-0.1, -0.05) is 25.7 Å². The largest absolute Gasteiger partial charge is 0.390 e. The van der Waals surface area contributed by atoms with Gasteiger partial charge >= 0.3 is 0 Å². The predicted molar refractivity (Wildman–Crippen MR) is 67.9 cm³/mol. The van der Waals surface area contributed by atoms with Crippen LogP contribution in [0.5, 0.6) is 0 Å². The van der Waals surface area contributed by atoms with E-state index in [0.717, 1.165) is 51.4 Å². The van der Waals surface area contributed by atoms with E-state index in [2.05, 4.69) is 0 Å². The van der Waals surface area contributed by atoms with E-state index >= 15 is 0 Å². The van der Waals surface area contributed by atoms with Crippen LogP contribution in [0.4, 0.5) is 0 Å². The topological polar surface area (TPSA) is 80.9 Å². The van der Waals surface area contributed by atoms with Crippen LogP contribution in [0.1, 0.15) is 51.4 Å². The molecule has 2 fully saturated rings. The second-order valence-electron chi connectivity index (χ2n) is 6.05. The minimum Gasteiger partial charge on any atom is -0.390 e. The minimum atomic E-state index is -1.22. The van der Waals surface area contributed by atoms with E-state index in [4.69, 9.17) is 0 Å². The van der Waals surface area contributed by atoms with Gasteiger partial charge in [-0.3, -0.25) is 0 Å². The molecular weight excluding hydrogens is 232 g/mol. The molecule has 4 nitrogen and oxygen atoms in total. The molecule has 0 aromatic heterocycles. The van der Waals surface area contributed by atoms with Crippen LogP contribution in [-0.2, 0) is 0 Å². The van der Waals surface area contributed by atoms with Gasteiger partial charge in [-0.15, -0.1) is 0 Å². The Labute approximate surface area is 109 Å². The van der Waals surface area contributed by atoms with E-state index in [0.29, 0.717) is 0 Å². The summed E-state index contributed by atoms with van der Waals surface area (Å²) in [6.07, 6.45) is 3.70. The fraction of sp³-hybridized carbons (Fsp3) is 1.00. The molecular formula is C14H26O4. The van der Waals surface area contributed by atoms with Crippen molar-refractivity contribution in [2.45, 2.75) is 75.8 Å². The first-order valence-electron chi connectivity index (χ1n) is 7.33. The van der Waals surface area contributed by atoms with Crippen molar-refractivity contribution in [3.63, 3.8) is 0 Å². The SMILES string of the molecule is O[C@H]([C@H](O)[C@H](O)C1CCCC1)[C@@H](O)C1CCCC1. The Kier molecular flexibility index (Phi) is 5.01. The van der Waals surface area contributed by atoms with Crippen LogP contribution in [0.25, 0.3) is 0 Å². The standard InChI is InChI=1S/C14H26O4/c15-11(9-5-1-2-6-9)13(17)14(18)12(16)10-7-3-4-8-10/h9-18H,1-8H2/t11-,12+,13-,14+. The van der Waals surface area contributed by atoms with Crippen LogP contribution in [0.3, 0.4) is 0 Å². The molecule has 106 valence electrons. The highest BCUT2D eigenvalue weighted by Crippen LogP contribution is 2.33. The molecule has 4 N–H and O–H groups in total. The summed E-state index contributed by atoms with van der Waals surface area (Å²) >= 11 is 0. The van der Waals surface area contributed by atoms with Crippen molar-refractivity contribution in [2.24, 2.45) is 11.8 Å². The summed E-state index contributed by atoms with van der Waals surface area (Å²) < 4.78 is 0. The van der Waals surface area contributed by atoms with Gasteiger partial charge in [0.05, 0.1) is 12.2 Å². The second-order valence-corrected chi connectivity index (χ2v) is 6.05. The van der Waals surface area contributed by atoms with Crippen LogP contribution in [-0.4, -0.2) is 44.8 Å². The molecule has 0 radical (unpaired) electrons. The van der Waals surface area contributed by atoms with Crippen LogP contribution < -0.4 is 0 Å². The molecule has 0 saturated heterocycles. The Bertz CT molecular complexity index is 220. The van der Waals surface area contributed by atoms with Crippen LogP contribution in [0.2, 0.25) is 0 Å². The van der Waals surface area contributed by atoms with Crippen molar-refractivity contribution in [3.8, 4) is 0 Å². The summed E-state index contributed by atoms with van der Waals surface area (Å²) in [6, 6.07) is 0. The van der Waals surface area contributed by atoms with E-state index in [9.17, 15) is 20.4 Å². The predicted octanol–water partition coefficient (Wildman–Crippen LogP) is 0.810. The minimum absolute atomic E-state index is 0.0745. The number of aliphatic hydroxyl groups is 4. The van der Waals surface area contributed by atoms with Gasteiger partial charge in [-0.05, 0) is 37.5 Å². The molecule has 4 atom stereocenters. The summed E-state index contributed by atoms with van der Waals surface area (Å²) in [5, 5.41) is 40.2. The summed E-state index contributed by atoms with van der Waals surface area (Å²) in [5.74, 6) is 0.149. The lowest BCUT2D eigenvalue weighted by Gasteiger charge is -2.31. The highest BCUT2D eigenvalue weighted by molar-refractivity contribution is 4.89. The zero-order valence-corrected chi connectivity index (χ0v) is 10.9. The number of hydrogen-bond donors (Lipinski definition) is 4. The average molecular weight is 258 g/mol. The normalized spacial score (nSPS) is 29.3. The van der Waals surface area contributed by atoms with Gasteiger partial charge in [0.15, 0.2) is 0 Å². The Morgan fingerprint density at radius 3 is 1.11 bits per heavy atom. The molecule has 2 rings (SSSR count). The van der Waals surface area contributed by atoms with Crippen molar-refractivity contribution in [1.82, 2.24) is 0 Å². The third-order valence-electron chi connectivity index (χ3n) is 4.82. The number of rotatable bonds is 5. The molecule has 0 aliphatic heterocycles.